The molecule has 1 aromatic heterocycles. The van der Waals surface area contributed by atoms with E-state index in [9.17, 15) is 15.2 Å². The third-order valence-corrected chi connectivity index (χ3v) is 3.81. The van der Waals surface area contributed by atoms with E-state index in [0.717, 1.165) is 13.0 Å². The van der Waals surface area contributed by atoms with Crippen molar-refractivity contribution < 1.29 is 10.0 Å². The molecule has 0 fully saturated rings. The van der Waals surface area contributed by atoms with Gasteiger partial charge < -0.3 is 10.0 Å². The molecule has 1 heterocycles. The Bertz CT molecular complexity index is 429. The monoisotopic (exact) mass is 270 g/mol. The van der Waals surface area contributed by atoms with E-state index in [1.54, 1.807) is 13.0 Å². The maximum absolute atomic E-state index is 11.0. The summed E-state index contributed by atoms with van der Waals surface area (Å²) in [5.41, 5.74) is 0.0613. The second kappa shape index (κ2) is 6.51. The van der Waals surface area contributed by atoms with Crippen molar-refractivity contribution in [3.05, 3.63) is 33.7 Å². The summed E-state index contributed by atoms with van der Waals surface area (Å²) in [6, 6.07) is 1.45. The van der Waals surface area contributed by atoms with Crippen molar-refractivity contribution in [2.75, 3.05) is 18.0 Å². The highest BCUT2D eigenvalue weighted by Crippen LogP contribution is 2.40. The minimum atomic E-state index is -0.686. The summed E-state index contributed by atoms with van der Waals surface area (Å²) in [4.78, 5) is 13.2. The van der Waals surface area contributed by atoms with Gasteiger partial charge in [0, 0.05) is 24.0 Å². The van der Waals surface area contributed by atoms with Gasteiger partial charge in [-0.05, 0) is 13.3 Å². The van der Waals surface area contributed by atoms with Crippen molar-refractivity contribution in [3.8, 4) is 0 Å². The molecule has 0 aliphatic heterocycles. The molecule has 1 N–H and O–H groups in total. The molecule has 0 saturated heterocycles. The SMILES string of the molecule is C=CCN(CCC)c1sc([C@@H](C)O)cc1[N+](=O)[O-]. The van der Waals surface area contributed by atoms with Crippen molar-refractivity contribution >= 4 is 22.0 Å². The lowest BCUT2D eigenvalue weighted by molar-refractivity contribution is -0.383. The van der Waals surface area contributed by atoms with E-state index in [1.807, 2.05) is 11.8 Å². The fourth-order valence-corrected chi connectivity index (χ4v) is 2.75. The zero-order valence-electron chi connectivity index (χ0n) is 10.6. The number of hydrogen-bond acceptors (Lipinski definition) is 5. The first-order valence-corrected chi connectivity index (χ1v) is 6.64. The van der Waals surface area contributed by atoms with E-state index in [-0.39, 0.29) is 5.69 Å². The maximum Gasteiger partial charge on any atom is 0.304 e. The summed E-state index contributed by atoms with van der Waals surface area (Å²) in [6.45, 7) is 8.59. The Hall–Kier alpha value is -1.40. The molecule has 0 amide bonds. The third-order valence-electron chi connectivity index (χ3n) is 2.45. The summed E-state index contributed by atoms with van der Waals surface area (Å²) in [6.07, 6.45) is 1.93. The number of hydrogen-bond donors (Lipinski definition) is 1. The number of nitrogens with zero attached hydrogens (tertiary/aromatic N) is 2. The van der Waals surface area contributed by atoms with Crippen molar-refractivity contribution in [3.63, 3.8) is 0 Å². The second-order valence-electron chi connectivity index (χ2n) is 4.01. The number of aliphatic hydroxyl groups excluding tert-OH is 1. The largest absolute Gasteiger partial charge is 0.388 e. The van der Waals surface area contributed by atoms with Crippen LogP contribution in [-0.4, -0.2) is 23.1 Å². The first-order chi connectivity index (χ1) is 8.51. The summed E-state index contributed by atoms with van der Waals surface area (Å²) >= 11 is 1.27. The van der Waals surface area contributed by atoms with Gasteiger partial charge in [0.2, 0.25) is 0 Å². The van der Waals surface area contributed by atoms with E-state index >= 15 is 0 Å². The van der Waals surface area contributed by atoms with Crippen LogP contribution < -0.4 is 4.90 Å². The van der Waals surface area contributed by atoms with Gasteiger partial charge in [-0.15, -0.1) is 17.9 Å². The van der Waals surface area contributed by atoms with E-state index in [1.165, 1.54) is 17.4 Å². The van der Waals surface area contributed by atoms with Crippen LogP contribution >= 0.6 is 11.3 Å². The first-order valence-electron chi connectivity index (χ1n) is 5.83. The standard InChI is InChI=1S/C12H18N2O3S/c1-4-6-13(7-5-2)12-10(14(16)17)8-11(18-12)9(3)15/h4,8-9,15H,1,5-7H2,2-3H3/t9-/m1/s1. The van der Waals surface area contributed by atoms with Crippen LogP contribution in [0.25, 0.3) is 0 Å². The Morgan fingerprint density at radius 1 is 1.72 bits per heavy atom. The molecular weight excluding hydrogens is 252 g/mol. The lowest BCUT2D eigenvalue weighted by atomic mass is 10.3. The van der Waals surface area contributed by atoms with E-state index in [2.05, 4.69) is 6.58 Å². The minimum absolute atomic E-state index is 0.0613. The molecule has 6 heteroatoms. The van der Waals surface area contributed by atoms with Gasteiger partial charge in [0.25, 0.3) is 0 Å². The quantitative estimate of drug-likeness (QED) is 0.469. The molecule has 0 aliphatic carbocycles. The second-order valence-corrected chi connectivity index (χ2v) is 5.07. The van der Waals surface area contributed by atoms with Crippen LogP contribution in [0, 0.1) is 10.1 Å². The van der Waals surface area contributed by atoms with Crippen LogP contribution in [0.4, 0.5) is 10.7 Å². The molecule has 0 spiro atoms. The number of anilines is 1. The van der Waals surface area contributed by atoms with Gasteiger partial charge in [-0.3, -0.25) is 10.1 Å². The van der Waals surface area contributed by atoms with E-state index < -0.39 is 11.0 Å². The first kappa shape index (κ1) is 14.7. The van der Waals surface area contributed by atoms with Crippen molar-refractivity contribution in [1.82, 2.24) is 0 Å². The molecule has 1 aromatic rings. The highest BCUT2D eigenvalue weighted by Gasteiger charge is 2.24. The molecule has 18 heavy (non-hydrogen) atoms. The van der Waals surface area contributed by atoms with Crippen molar-refractivity contribution in [2.45, 2.75) is 26.4 Å². The summed E-state index contributed by atoms with van der Waals surface area (Å²) < 4.78 is 0. The van der Waals surface area contributed by atoms with Gasteiger partial charge in [0.15, 0.2) is 5.00 Å². The lowest BCUT2D eigenvalue weighted by Gasteiger charge is -2.19. The Morgan fingerprint density at radius 2 is 2.39 bits per heavy atom. The van der Waals surface area contributed by atoms with Crippen LogP contribution in [0.15, 0.2) is 18.7 Å². The predicted octanol–water partition coefficient (Wildman–Crippen LogP) is 3.11. The van der Waals surface area contributed by atoms with Gasteiger partial charge in [0.1, 0.15) is 0 Å². The lowest BCUT2D eigenvalue weighted by Crippen LogP contribution is -2.23. The molecule has 0 saturated carbocycles. The molecule has 5 nitrogen and oxygen atoms in total. The highest BCUT2D eigenvalue weighted by atomic mass is 32.1. The topological polar surface area (TPSA) is 66.6 Å². The number of thiophene rings is 1. The average molecular weight is 270 g/mol. The molecule has 0 radical (unpaired) electrons. The third kappa shape index (κ3) is 3.30. The zero-order chi connectivity index (χ0) is 13.7. The molecule has 0 bridgehead atoms. The Labute approximate surface area is 111 Å². The zero-order valence-corrected chi connectivity index (χ0v) is 11.4. The molecule has 0 unspecified atom stereocenters. The predicted molar refractivity (Wildman–Crippen MR) is 74.3 cm³/mol. The molecule has 1 atom stereocenters. The summed E-state index contributed by atoms with van der Waals surface area (Å²) in [5.74, 6) is 0. The maximum atomic E-state index is 11.0. The molecule has 0 aromatic carbocycles. The summed E-state index contributed by atoms with van der Waals surface area (Å²) in [7, 11) is 0. The number of rotatable bonds is 7. The molecule has 1 rings (SSSR count). The highest BCUT2D eigenvalue weighted by molar-refractivity contribution is 7.16. The Kier molecular flexibility index (Phi) is 5.30. The Balaban J connectivity index is 3.17. The van der Waals surface area contributed by atoms with E-state index in [4.69, 9.17) is 0 Å². The van der Waals surface area contributed by atoms with Crippen LogP contribution in [0.5, 0.6) is 0 Å². The van der Waals surface area contributed by atoms with Crippen molar-refractivity contribution in [2.24, 2.45) is 0 Å². The molecular formula is C12H18N2O3S. The fraction of sp³-hybridized carbons (Fsp3) is 0.500. The van der Waals surface area contributed by atoms with Crippen LogP contribution in [-0.2, 0) is 0 Å². The van der Waals surface area contributed by atoms with Gasteiger partial charge in [-0.25, -0.2) is 0 Å². The molecule has 0 aliphatic rings. The smallest absolute Gasteiger partial charge is 0.304 e. The van der Waals surface area contributed by atoms with Crippen LogP contribution in [0.1, 0.15) is 31.2 Å². The molecule has 100 valence electrons. The number of nitro groups is 1. The van der Waals surface area contributed by atoms with Gasteiger partial charge in [0.05, 0.1) is 11.0 Å². The fourth-order valence-electron chi connectivity index (χ4n) is 1.65. The normalized spacial score (nSPS) is 12.2. The van der Waals surface area contributed by atoms with Crippen LogP contribution in [0.2, 0.25) is 0 Å². The van der Waals surface area contributed by atoms with Gasteiger partial charge >= 0.3 is 5.69 Å². The summed E-state index contributed by atoms with van der Waals surface area (Å²) in [5, 5.41) is 21.2. The minimum Gasteiger partial charge on any atom is -0.388 e. The number of aliphatic hydroxyl groups is 1. The average Bonchev–Trinajstić information content (AvgIpc) is 2.73. The van der Waals surface area contributed by atoms with E-state index in [0.29, 0.717) is 16.4 Å². The van der Waals surface area contributed by atoms with Gasteiger partial charge in [-0.2, -0.15) is 0 Å². The van der Waals surface area contributed by atoms with Crippen molar-refractivity contribution in [1.29, 1.82) is 0 Å². The Morgan fingerprint density at radius 3 is 2.83 bits per heavy atom. The van der Waals surface area contributed by atoms with Crippen LogP contribution in [0.3, 0.4) is 0 Å². The van der Waals surface area contributed by atoms with Gasteiger partial charge in [-0.1, -0.05) is 13.0 Å².